The predicted octanol–water partition coefficient (Wildman–Crippen LogP) is 0.811. The summed E-state index contributed by atoms with van der Waals surface area (Å²) in [6, 6.07) is 3.49. The zero-order valence-corrected chi connectivity index (χ0v) is 13.4. The number of pyridine rings is 1. The van der Waals surface area contributed by atoms with Crippen LogP contribution in [0, 0.1) is 0 Å². The highest BCUT2D eigenvalue weighted by Gasteiger charge is 2.30. The van der Waals surface area contributed by atoms with Crippen LogP contribution in [0.25, 0.3) is 0 Å². The van der Waals surface area contributed by atoms with Gasteiger partial charge >= 0.3 is 8.25 Å². The minimum absolute atomic E-state index is 0.262. The van der Waals surface area contributed by atoms with Gasteiger partial charge in [0, 0.05) is 36.9 Å². The number of aromatic nitrogens is 1. The molecular weight excluding hydrogens is 341 g/mol. The van der Waals surface area contributed by atoms with Gasteiger partial charge in [0.05, 0.1) is 5.02 Å². The topological polar surface area (TPSA) is 100 Å². The van der Waals surface area contributed by atoms with Crippen LogP contribution in [0.4, 0.5) is 5.82 Å². The van der Waals surface area contributed by atoms with Crippen molar-refractivity contribution in [2.24, 2.45) is 0 Å². The van der Waals surface area contributed by atoms with Crippen LogP contribution in [-0.2, 0) is 19.1 Å². The van der Waals surface area contributed by atoms with Crippen LogP contribution < -0.4 is 4.90 Å². The first-order valence-electron chi connectivity index (χ1n) is 6.02. The monoisotopic (exact) mass is 354 g/mol. The molecule has 1 N–H and O–H groups in total. The van der Waals surface area contributed by atoms with Crippen molar-refractivity contribution in [2.75, 3.05) is 37.0 Å². The van der Waals surface area contributed by atoms with Crippen molar-refractivity contribution in [1.29, 1.82) is 0 Å². The number of hydrogen-bond acceptors (Lipinski definition) is 6. The highest BCUT2D eigenvalue weighted by Crippen LogP contribution is 2.20. The summed E-state index contributed by atoms with van der Waals surface area (Å²) in [5, 5.41) is 0.537. The van der Waals surface area contributed by atoms with Gasteiger partial charge in [-0.2, -0.15) is 4.31 Å². The molecule has 0 spiro atoms. The Balaban J connectivity index is 1.93. The summed E-state index contributed by atoms with van der Waals surface area (Å²) in [6.07, 6.45) is 1.53. The molecule has 1 atom stereocenters. The lowest BCUT2D eigenvalue weighted by atomic mass is 10.3. The van der Waals surface area contributed by atoms with E-state index in [1.54, 1.807) is 12.1 Å². The second kappa shape index (κ2) is 6.95. The molecule has 0 bridgehead atoms. The van der Waals surface area contributed by atoms with Crippen LogP contribution in [0.15, 0.2) is 18.3 Å². The van der Waals surface area contributed by atoms with E-state index < -0.39 is 24.2 Å². The van der Waals surface area contributed by atoms with Gasteiger partial charge in [-0.05, 0) is 12.1 Å². The number of nitrogens with zero attached hydrogens (tertiary/aromatic N) is 3. The van der Waals surface area contributed by atoms with Crippen molar-refractivity contribution in [3.05, 3.63) is 23.4 Å². The Morgan fingerprint density at radius 2 is 2.00 bits per heavy atom. The molecule has 8 nitrogen and oxygen atoms in total. The highest BCUT2D eigenvalue weighted by atomic mass is 35.5. The Kier molecular flexibility index (Phi) is 5.48. The first kappa shape index (κ1) is 16.5. The van der Waals surface area contributed by atoms with Gasteiger partial charge in [-0.25, -0.2) is 13.4 Å². The third-order valence-electron chi connectivity index (χ3n) is 2.98. The normalized spacial score (nSPS) is 17.8. The van der Waals surface area contributed by atoms with E-state index in [2.05, 4.69) is 9.51 Å². The summed E-state index contributed by atoms with van der Waals surface area (Å²) < 4.78 is 39.7. The molecule has 1 aliphatic rings. The minimum atomic E-state index is -3.69. The molecule has 21 heavy (non-hydrogen) atoms. The van der Waals surface area contributed by atoms with Gasteiger partial charge in [-0.15, -0.1) is 9.42 Å². The number of anilines is 1. The summed E-state index contributed by atoms with van der Waals surface area (Å²) in [7, 11) is -6.61. The summed E-state index contributed by atoms with van der Waals surface area (Å²) >= 11 is 5.77. The van der Waals surface area contributed by atoms with E-state index in [9.17, 15) is 13.0 Å². The van der Waals surface area contributed by atoms with E-state index in [0.29, 0.717) is 18.1 Å². The number of piperazine rings is 1. The molecule has 0 radical (unpaired) electrons. The van der Waals surface area contributed by atoms with Gasteiger partial charge in [0.2, 0.25) is 16.0 Å². The Morgan fingerprint density at radius 1 is 1.33 bits per heavy atom. The fourth-order valence-corrected chi connectivity index (χ4v) is 3.81. The fourth-order valence-electron chi connectivity index (χ4n) is 1.94. The van der Waals surface area contributed by atoms with Crippen LogP contribution in [0.1, 0.15) is 0 Å². The van der Waals surface area contributed by atoms with Crippen molar-refractivity contribution < 1.29 is 22.4 Å². The van der Waals surface area contributed by atoms with Gasteiger partial charge in [-0.1, -0.05) is 11.6 Å². The zero-order valence-electron chi connectivity index (χ0n) is 10.9. The SMILES string of the molecule is O=[P+](O)OCS(=O)(=O)N1CCN(c2ccc(Cl)cn2)CC1. The summed E-state index contributed by atoms with van der Waals surface area (Å²) in [4.78, 5) is 14.6. The molecule has 2 rings (SSSR count). The van der Waals surface area contributed by atoms with E-state index in [-0.39, 0.29) is 13.1 Å². The molecule has 0 aliphatic carbocycles. The smallest absolute Gasteiger partial charge is 0.354 e. The molecule has 0 amide bonds. The van der Waals surface area contributed by atoms with Gasteiger partial charge in [0.1, 0.15) is 5.82 Å². The molecule has 1 aromatic rings. The molecule has 1 aromatic heterocycles. The third kappa shape index (κ3) is 4.57. The number of halogens is 1. The van der Waals surface area contributed by atoms with E-state index in [4.69, 9.17) is 16.5 Å². The molecular formula is C10H14ClN3O5PS+. The molecule has 1 unspecified atom stereocenters. The maximum Gasteiger partial charge on any atom is 0.695 e. The molecule has 1 fully saturated rings. The largest absolute Gasteiger partial charge is 0.695 e. The second-order valence-corrected chi connectivity index (χ2v) is 7.40. The van der Waals surface area contributed by atoms with Crippen LogP contribution in [0.3, 0.4) is 0 Å². The molecule has 0 aromatic carbocycles. The lowest BCUT2D eigenvalue weighted by molar-refractivity contribution is 0.305. The summed E-state index contributed by atoms with van der Waals surface area (Å²) in [5.41, 5.74) is 0. The predicted molar refractivity (Wildman–Crippen MR) is 77.7 cm³/mol. The van der Waals surface area contributed by atoms with Gasteiger partial charge in [0.25, 0.3) is 0 Å². The maximum atomic E-state index is 11.9. The van der Waals surface area contributed by atoms with Gasteiger partial charge in [0.15, 0.2) is 0 Å². The lowest BCUT2D eigenvalue weighted by Gasteiger charge is -2.34. The Bertz CT molecular complexity index is 604. The standard InChI is InChI=1S/C10H13ClN3O5PS/c11-9-1-2-10(12-7-9)13-3-5-14(6-4-13)21(17,18)8-19-20(15)16/h1-2,7H,3-6,8H2/p+1. The number of rotatable bonds is 5. The van der Waals surface area contributed by atoms with Crippen molar-refractivity contribution in [3.63, 3.8) is 0 Å². The molecule has 1 aliphatic heterocycles. The van der Waals surface area contributed by atoms with Crippen LogP contribution in [0.5, 0.6) is 0 Å². The van der Waals surface area contributed by atoms with Crippen molar-refractivity contribution in [1.82, 2.24) is 9.29 Å². The van der Waals surface area contributed by atoms with E-state index in [0.717, 1.165) is 5.82 Å². The van der Waals surface area contributed by atoms with Crippen molar-refractivity contribution >= 4 is 35.7 Å². The maximum absolute atomic E-state index is 11.9. The number of sulfonamides is 1. The van der Waals surface area contributed by atoms with Crippen molar-refractivity contribution in [2.45, 2.75) is 0 Å². The average Bonchev–Trinajstić information content (AvgIpc) is 2.46. The third-order valence-corrected chi connectivity index (χ3v) is 5.30. The van der Waals surface area contributed by atoms with E-state index in [1.165, 1.54) is 10.5 Å². The first-order valence-corrected chi connectivity index (χ1v) is 9.13. The Labute approximate surface area is 128 Å². The summed E-state index contributed by atoms with van der Waals surface area (Å²) in [6.45, 7) is 1.47. The summed E-state index contributed by atoms with van der Waals surface area (Å²) in [5.74, 6) is -0.0658. The van der Waals surface area contributed by atoms with Crippen LogP contribution >= 0.6 is 19.9 Å². The highest BCUT2D eigenvalue weighted by molar-refractivity contribution is 7.89. The van der Waals surface area contributed by atoms with Crippen molar-refractivity contribution in [3.8, 4) is 0 Å². The van der Waals surface area contributed by atoms with Crippen LogP contribution in [0.2, 0.25) is 5.02 Å². The quantitative estimate of drug-likeness (QED) is 0.781. The van der Waals surface area contributed by atoms with Gasteiger partial charge < -0.3 is 4.90 Å². The Morgan fingerprint density at radius 3 is 2.52 bits per heavy atom. The first-order chi connectivity index (χ1) is 9.88. The molecule has 0 saturated carbocycles. The zero-order chi connectivity index (χ0) is 15.5. The lowest BCUT2D eigenvalue weighted by Crippen LogP contribution is -2.49. The molecule has 2 heterocycles. The Hall–Kier alpha value is -0.830. The molecule has 11 heteroatoms. The molecule has 116 valence electrons. The van der Waals surface area contributed by atoms with E-state index >= 15 is 0 Å². The van der Waals surface area contributed by atoms with E-state index in [1.807, 2.05) is 4.90 Å². The molecule has 1 saturated heterocycles. The fraction of sp³-hybridized carbons (Fsp3) is 0.500. The minimum Gasteiger partial charge on any atom is -0.354 e. The number of hydrogen-bond donors (Lipinski definition) is 1. The van der Waals surface area contributed by atoms with Gasteiger partial charge in [-0.3, -0.25) is 0 Å². The van der Waals surface area contributed by atoms with Crippen LogP contribution in [-0.4, -0.2) is 54.7 Å². The average molecular weight is 355 g/mol. The second-order valence-electron chi connectivity index (χ2n) is 4.32.